The average molecular weight is 405 g/mol. The van der Waals surface area contributed by atoms with Gasteiger partial charge in [0.1, 0.15) is 0 Å². The molecule has 1 aromatic rings. The molecule has 0 saturated carbocycles. The number of alkyl halides is 3. The number of benzene rings is 1. The highest BCUT2D eigenvalue weighted by Gasteiger charge is 2.38. The number of nitrogens with one attached hydrogen (secondary N) is 2. The van der Waals surface area contributed by atoms with Gasteiger partial charge >= 0.3 is 12.1 Å². The summed E-state index contributed by atoms with van der Waals surface area (Å²) in [6.07, 6.45) is -3.94. The Bertz CT molecular complexity index is 645. The van der Waals surface area contributed by atoms with Gasteiger partial charge in [-0.05, 0) is 44.5 Å². The molecule has 1 aliphatic heterocycles. The van der Waals surface area contributed by atoms with Crippen LogP contribution in [0.1, 0.15) is 12.0 Å². The van der Waals surface area contributed by atoms with Crippen molar-refractivity contribution in [2.24, 2.45) is 5.92 Å². The summed E-state index contributed by atoms with van der Waals surface area (Å²) in [5.41, 5.74) is 0.956. The first-order valence-corrected chi connectivity index (χ1v) is 8.54. The lowest BCUT2D eigenvalue weighted by Gasteiger charge is -2.11. The molecule has 0 bridgehead atoms. The van der Waals surface area contributed by atoms with Gasteiger partial charge < -0.3 is 10.6 Å². The van der Waals surface area contributed by atoms with Crippen molar-refractivity contribution in [3.63, 3.8) is 0 Å². The van der Waals surface area contributed by atoms with E-state index in [2.05, 4.69) is 5.32 Å². The van der Waals surface area contributed by atoms with Crippen molar-refractivity contribution in [1.82, 2.24) is 10.6 Å². The van der Waals surface area contributed by atoms with Gasteiger partial charge in [-0.15, -0.1) is 12.4 Å². The molecule has 3 N–H and O–H groups in total. The van der Waals surface area contributed by atoms with Gasteiger partial charge in [0.25, 0.3) is 10.1 Å². The van der Waals surface area contributed by atoms with Crippen LogP contribution in [0.3, 0.4) is 0 Å². The molecule has 11 heteroatoms. The van der Waals surface area contributed by atoms with Gasteiger partial charge in [0.15, 0.2) is 0 Å². The van der Waals surface area contributed by atoms with E-state index >= 15 is 0 Å². The molecule has 0 aromatic heterocycles. The van der Waals surface area contributed by atoms with Crippen LogP contribution in [0.2, 0.25) is 0 Å². The summed E-state index contributed by atoms with van der Waals surface area (Å²) in [5, 5.41) is 4.86. The molecule has 1 heterocycles. The normalized spacial score (nSPS) is 17.1. The molecule has 1 atom stereocenters. The molecule has 0 unspecified atom stereocenters. The minimum absolute atomic E-state index is 0. The van der Waals surface area contributed by atoms with Crippen LogP contribution in [0.15, 0.2) is 29.2 Å². The zero-order valence-electron chi connectivity index (χ0n) is 13.3. The number of carbonyl (C=O) groups excluding carboxylic acids is 1. The average Bonchev–Trinajstić information content (AvgIpc) is 2.97. The molecule has 0 spiro atoms. The summed E-state index contributed by atoms with van der Waals surface area (Å²) >= 11 is 0. The molecule has 1 aromatic carbocycles. The van der Waals surface area contributed by atoms with Crippen LogP contribution in [-0.4, -0.2) is 44.7 Å². The molecule has 0 radical (unpaired) electrons. The molecule has 0 aliphatic carbocycles. The van der Waals surface area contributed by atoms with Crippen LogP contribution >= 0.6 is 12.4 Å². The minimum Gasteiger partial charge on any atom is -0.348 e. The number of amides is 1. The maximum absolute atomic E-state index is 11.7. The van der Waals surface area contributed by atoms with Gasteiger partial charge in [0, 0.05) is 6.54 Å². The van der Waals surface area contributed by atoms with Crippen LogP contribution < -0.4 is 10.6 Å². The molecule has 2 rings (SSSR count). The second-order valence-electron chi connectivity index (χ2n) is 5.35. The lowest BCUT2D eigenvalue weighted by Crippen LogP contribution is -2.39. The largest absolute Gasteiger partial charge is 0.471 e. The minimum atomic E-state index is -4.76. The standard InChI is InChI=1S/C7H11F3N2O.C7H8O3S.ClH/c8-7(9,10)6(13)12-4-5-1-2-11-3-5;1-6-2-4-7(5-3-6)11(8,9)10;/h5,11H,1-4H2,(H,12,13);2-5H,1H3,(H,8,9,10);1H/t5-;;/m0../s1. The highest BCUT2D eigenvalue weighted by atomic mass is 35.5. The second-order valence-corrected chi connectivity index (χ2v) is 6.78. The van der Waals surface area contributed by atoms with Crippen LogP contribution in [-0.2, 0) is 14.9 Å². The van der Waals surface area contributed by atoms with Gasteiger partial charge in [0.05, 0.1) is 4.90 Å². The Hall–Kier alpha value is -1.36. The van der Waals surface area contributed by atoms with Crippen LogP contribution in [0.4, 0.5) is 13.2 Å². The van der Waals surface area contributed by atoms with E-state index < -0.39 is 22.2 Å². The molecule has 144 valence electrons. The first-order valence-electron chi connectivity index (χ1n) is 7.10. The van der Waals surface area contributed by atoms with Crippen molar-refractivity contribution in [3.8, 4) is 0 Å². The SMILES string of the molecule is Cc1ccc(S(=O)(=O)O)cc1.Cl.O=C(NC[C@H]1CCNC1)C(F)(F)F. The fourth-order valence-electron chi connectivity index (χ4n) is 1.94. The van der Waals surface area contributed by atoms with Gasteiger partial charge in [0.2, 0.25) is 0 Å². The molecular weight excluding hydrogens is 385 g/mol. The number of hydrogen-bond donors (Lipinski definition) is 3. The molecule has 25 heavy (non-hydrogen) atoms. The predicted molar refractivity (Wildman–Crippen MR) is 88.3 cm³/mol. The molecule has 1 amide bonds. The fraction of sp³-hybridized carbons (Fsp3) is 0.500. The van der Waals surface area contributed by atoms with E-state index in [-0.39, 0.29) is 29.8 Å². The Morgan fingerprint density at radius 1 is 1.32 bits per heavy atom. The first kappa shape index (κ1) is 23.6. The maximum atomic E-state index is 11.7. The van der Waals surface area contributed by atoms with E-state index in [1.807, 2.05) is 12.2 Å². The topological polar surface area (TPSA) is 95.5 Å². The summed E-state index contributed by atoms with van der Waals surface area (Å²) in [6, 6.07) is 5.99. The molecular formula is C14H20ClF3N2O4S. The summed E-state index contributed by atoms with van der Waals surface area (Å²) < 4.78 is 64.6. The van der Waals surface area contributed by atoms with Gasteiger partial charge in [-0.2, -0.15) is 21.6 Å². The molecule has 6 nitrogen and oxygen atoms in total. The number of carbonyl (C=O) groups is 1. The number of aryl methyl sites for hydroxylation is 1. The predicted octanol–water partition coefficient (Wildman–Crippen LogP) is 1.94. The Balaban J connectivity index is 0.000000449. The number of halogens is 4. The lowest BCUT2D eigenvalue weighted by atomic mass is 10.1. The van der Waals surface area contributed by atoms with Crippen molar-refractivity contribution in [3.05, 3.63) is 29.8 Å². The quantitative estimate of drug-likeness (QED) is 0.669. The molecule has 1 aliphatic rings. The van der Waals surface area contributed by atoms with Gasteiger partial charge in [-0.25, -0.2) is 0 Å². The highest BCUT2D eigenvalue weighted by Crippen LogP contribution is 2.14. The van der Waals surface area contributed by atoms with Crippen molar-refractivity contribution in [2.45, 2.75) is 24.4 Å². The van der Waals surface area contributed by atoms with Crippen molar-refractivity contribution < 1.29 is 30.9 Å². The van der Waals surface area contributed by atoms with E-state index in [1.165, 1.54) is 12.1 Å². The Kier molecular flexibility index (Phi) is 9.41. The first-order chi connectivity index (χ1) is 11.0. The Labute approximate surface area is 150 Å². The Morgan fingerprint density at radius 3 is 2.28 bits per heavy atom. The van der Waals surface area contributed by atoms with E-state index in [1.54, 1.807) is 12.1 Å². The third kappa shape index (κ3) is 9.05. The smallest absolute Gasteiger partial charge is 0.348 e. The van der Waals surface area contributed by atoms with E-state index in [0.717, 1.165) is 18.5 Å². The van der Waals surface area contributed by atoms with Crippen LogP contribution in [0, 0.1) is 12.8 Å². The second kappa shape index (κ2) is 9.95. The maximum Gasteiger partial charge on any atom is 0.471 e. The van der Waals surface area contributed by atoms with Gasteiger partial charge in [-0.1, -0.05) is 17.7 Å². The number of hydrogen-bond acceptors (Lipinski definition) is 4. The van der Waals surface area contributed by atoms with E-state index in [0.29, 0.717) is 6.54 Å². The Morgan fingerprint density at radius 2 is 1.88 bits per heavy atom. The molecule has 1 saturated heterocycles. The highest BCUT2D eigenvalue weighted by molar-refractivity contribution is 7.85. The summed E-state index contributed by atoms with van der Waals surface area (Å²) in [5.74, 6) is -1.72. The number of rotatable bonds is 3. The van der Waals surface area contributed by atoms with Crippen molar-refractivity contribution >= 4 is 28.4 Å². The van der Waals surface area contributed by atoms with E-state index in [9.17, 15) is 26.4 Å². The van der Waals surface area contributed by atoms with Crippen LogP contribution in [0.25, 0.3) is 0 Å². The summed E-state index contributed by atoms with van der Waals surface area (Å²) in [4.78, 5) is 10.3. The summed E-state index contributed by atoms with van der Waals surface area (Å²) in [7, 11) is -4.02. The van der Waals surface area contributed by atoms with E-state index in [4.69, 9.17) is 4.55 Å². The fourth-order valence-corrected chi connectivity index (χ4v) is 2.42. The van der Waals surface area contributed by atoms with Crippen molar-refractivity contribution in [1.29, 1.82) is 0 Å². The monoisotopic (exact) mass is 404 g/mol. The third-order valence-corrected chi connectivity index (χ3v) is 4.16. The zero-order valence-corrected chi connectivity index (χ0v) is 15.0. The third-order valence-electron chi connectivity index (χ3n) is 3.29. The lowest BCUT2D eigenvalue weighted by molar-refractivity contribution is -0.173. The molecule has 1 fully saturated rings. The summed E-state index contributed by atoms with van der Waals surface area (Å²) in [6.45, 7) is 3.43. The zero-order chi connectivity index (χ0) is 18.4. The van der Waals surface area contributed by atoms with Gasteiger partial charge in [-0.3, -0.25) is 9.35 Å². The van der Waals surface area contributed by atoms with Crippen LogP contribution in [0.5, 0.6) is 0 Å². The van der Waals surface area contributed by atoms with Crippen molar-refractivity contribution in [2.75, 3.05) is 19.6 Å².